The number of hydrogen-bond donors (Lipinski definition) is 2. The standard InChI is InChI=1S/C19H17ClFN3O4S2/c1-28-16-7-6-12(10-14(16)21)15-11-29-19(23-15)24-18(25)8-9-22-30(26,27)17-5-3-2-4-13(17)20/h2-7,10-11,22H,8-9H2,1H3,(H,23,24,25). The minimum atomic E-state index is -3.82. The summed E-state index contributed by atoms with van der Waals surface area (Å²) in [4.78, 5) is 16.3. The minimum Gasteiger partial charge on any atom is -0.494 e. The Morgan fingerprint density at radius 2 is 2.03 bits per heavy atom. The van der Waals surface area contributed by atoms with Crippen LogP contribution < -0.4 is 14.8 Å². The smallest absolute Gasteiger partial charge is 0.242 e. The van der Waals surface area contributed by atoms with Crippen molar-refractivity contribution in [1.29, 1.82) is 0 Å². The monoisotopic (exact) mass is 469 g/mol. The van der Waals surface area contributed by atoms with Crippen LogP contribution in [0.1, 0.15) is 6.42 Å². The molecule has 0 saturated carbocycles. The summed E-state index contributed by atoms with van der Waals surface area (Å²) >= 11 is 7.07. The topological polar surface area (TPSA) is 97.4 Å². The van der Waals surface area contributed by atoms with Gasteiger partial charge in [0, 0.05) is 23.9 Å². The molecule has 0 bridgehead atoms. The molecule has 2 N–H and O–H groups in total. The van der Waals surface area contributed by atoms with Crippen LogP contribution >= 0.6 is 22.9 Å². The van der Waals surface area contributed by atoms with E-state index in [0.29, 0.717) is 16.4 Å². The molecule has 1 amide bonds. The number of nitrogens with zero attached hydrogens (tertiary/aromatic N) is 1. The third-order valence-corrected chi connectivity index (χ3v) is 6.69. The molecule has 3 rings (SSSR count). The number of hydrogen-bond acceptors (Lipinski definition) is 6. The van der Waals surface area contributed by atoms with E-state index in [2.05, 4.69) is 15.0 Å². The van der Waals surface area contributed by atoms with Gasteiger partial charge in [0.15, 0.2) is 16.7 Å². The van der Waals surface area contributed by atoms with Gasteiger partial charge in [0.2, 0.25) is 15.9 Å². The Kier molecular flexibility index (Phi) is 7.03. The van der Waals surface area contributed by atoms with Gasteiger partial charge < -0.3 is 10.1 Å². The molecule has 0 atom stereocenters. The molecular formula is C19H17ClFN3O4S2. The number of rotatable bonds is 8. The maximum absolute atomic E-state index is 13.9. The van der Waals surface area contributed by atoms with Crippen molar-refractivity contribution in [2.45, 2.75) is 11.3 Å². The van der Waals surface area contributed by atoms with Crippen molar-refractivity contribution in [2.24, 2.45) is 0 Å². The van der Waals surface area contributed by atoms with E-state index in [9.17, 15) is 17.6 Å². The molecule has 0 radical (unpaired) electrons. The first-order chi connectivity index (χ1) is 14.3. The van der Waals surface area contributed by atoms with Crippen LogP contribution in [0.4, 0.5) is 9.52 Å². The SMILES string of the molecule is COc1ccc(-c2csc(NC(=O)CCNS(=O)(=O)c3ccccc3Cl)n2)cc1F. The molecule has 0 aliphatic rings. The van der Waals surface area contributed by atoms with E-state index in [1.807, 2.05) is 0 Å². The number of benzene rings is 2. The number of nitrogens with one attached hydrogen (secondary N) is 2. The van der Waals surface area contributed by atoms with Crippen LogP contribution in [0, 0.1) is 5.82 Å². The number of anilines is 1. The molecule has 0 fully saturated rings. The van der Waals surface area contributed by atoms with E-state index in [1.165, 1.54) is 42.7 Å². The Hall–Kier alpha value is -2.53. The Balaban J connectivity index is 1.56. The third-order valence-electron chi connectivity index (χ3n) is 3.97. The fraction of sp³-hybridized carbons (Fsp3) is 0.158. The van der Waals surface area contributed by atoms with Crippen molar-refractivity contribution < 1.29 is 22.3 Å². The van der Waals surface area contributed by atoms with Crippen molar-refractivity contribution in [1.82, 2.24) is 9.71 Å². The van der Waals surface area contributed by atoms with Gasteiger partial charge in [0.05, 0.1) is 17.8 Å². The molecule has 0 saturated heterocycles. The molecule has 3 aromatic rings. The Labute approximate surface area is 181 Å². The minimum absolute atomic E-state index is 0.0524. The maximum atomic E-state index is 13.9. The van der Waals surface area contributed by atoms with Crippen molar-refractivity contribution in [2.75, 3.05) is 19.0 Å². The Bertz CT molecular complexity index is 1170. The zero-order valence-electron chi connectivity index (χ0n) is 15.7. The van der Waals surface area contributed by atoms with Gasteiger partial charge in [-0.25, -0.2) is 22.5 Å². The summed E-state index contributed by atoms with van der Waals surface area (Å²) in [5.41, 5.74) is 1.04. The van der Waals surface area contributed by atoms with Gasteiger partial charge in [-0.15, -0.1) is 11.3 Å². The first kappa shape index (κ1) is 22.2. The zero-order chi connectivity index (χ0) is 21.7. The van der Waals surface area contributed by atoms with E-state index in [4.69, 9.17) is 16.3 Å². The largest absolute Gasteiger partial charge is 0.494 e. The summed E-state index contributed by atoms with van der Waals surface area (Å²) in [6, 6.07) is 10.5. The molecule has 0 spiro atoms. The number of methoxy groups -OCH3 is 1. The van der Waals surface area contributed by atoms with Crippen molar-refractivity contribution in [3.8, 4) is 17.0 Å². The lowest BCUT2D eigenvalue weighted by Gasteiger charge is -2.08. The summed E-state index contributed by atoms with van der Waals surface area (Å²) in [6.07, 6.45) is -0.101. The fourth-order valence-corrected chi connectivity index (χ4v) is 4.80. The predicted molar refractivity (Wildman–Crippen MR) is 114 cm³/mol. The number of aromatic nitrogens is 1. The first-order valence-electron chi connectivity index (χ1n) is 8.63. The number of carbonyl (C=O) groups is 1. The lowest BCUT2D eigenvalue weighted by atomic mass is 10.1. The van der Waals surface area contributed by atoms with Gasteiger partial charge >= 0.3 is 0 Å². The average Bonchev–Trinajstić information content (AvgIpc) is 3.16. The van der Waals surface area contributed by atoms with Gasteiger partial charge in [-0.05, 0) is 30.3 Å². The molecule has 0 unspecified atom stereocenters. The van der Waals surface area contributed by atoms with E-state index in [0.717, 1.165) is 0 Å². The van der Waals surface area contributed by atoms with Gasteiger partial charge in [0.1, 0.15) is 4.90 Å². The van der Waals surface area contributed by atoms with Crippen LogP contribution in [0.15, 0.2) is 52.7 Å². The van der Waals surface area contributed by atoms with Crippen LogP contribution in [0.25, 0.3) is 11.3 Å². The van der Waals surface area contributed by atoms with Crippen molar-refractivity contribution in [3.05, 3.63) is 58.7 Å². The summed E-state index contributed by atoms with van der Waals surface area (Å²) in [5, 5.41) is 4.69. The van der Waals surface area contributed by atoms with Gasteiger partial charge in [0.25, 0.3) is 0 Å². The number of amides is 1. The second kappa shape index (κ2) is 9.52. The highest BCUT2D eigenvalue weighted by atomic mass is 35.5. The second-order valence-electron chi connectivity index (χ2n) is 6.01. The van der Waals surface area contributed by atoms with E-state index in [-0.39, 0.29) is 28.6 Å². The second-order valence-corrected chi connectivity index (χ2v) is 9.01. The molecule has 7 nitrogen and oxygen atoms in total. The number of thiazole rings is 1. The van der Waals surface area contributed by atoms with Crippen LogP contribution in [0.2, 0.25) is 5.02 Å². The first-order valence-corrected chi connectivity index (χ1v) is 11.4. The van der Waals surface area contributed by atoms with Crippen LogP contribution in [-0.2, 0) is 14.8 Å². The quantitative estimate of drug-likeness (QED) is 0.521. The number of sulfonamides is 1. The number of ether oxygens (including phenoxy) is 1. The molecule has 158 valence electrons. The van der Waals surface area contributed by atoms with Crippen molar-refractivity contribution in [3.63, 3.8) is 0 Å². The average molecular weight is 470 g/mol. The molecule has 0 aliphatic carbocycles. The van der Waals surface area contributed by atoms with E-state index < -0.39 is 21.7 Å². The highest BCUT2D eigenvalue weighted by Crippen LogP contribution is 2.28. The van der Waals surface area contributed by atoms with Crippen molar-refractivity contribution >= 4 is 44.0 Å². The van der Waals surface area contributed by atoms with Gasteiger partial charge in [-0.3, -0.25) is 4.79 Å². The summed E-state index contributed by atoms with van der Waals surface area (Å²) in [7, 11) is -2.44. The number of halogens is 2. The normalized spacial score (nSPS) is 11.3. The highest BCUT2D eigenvalue weighted by molar-refractivity contribution is 7.89. The lowest BCUT2D eigenvalue weighted by Crippen LogP contribution is -2.28. The van der Waals surface area contributed by atoms with Gasteiger partial charge in [-0.2, -0.15) is 0 Å². The molecule has 11 heteroatoms. The Morgan fingerprint density at radius 3 is 2.73 bits per heavy atom. The molecule has 0 aliphatic heterocycles. The third kappa shape index (κ3) is 5.33. The van der Waals surface area contributed by atoms with Crippen LogP contribution in [0.5, 0.6) is 5.75 Å². The van der Waals surface area contributed by atoms with E-state index >= 15 is 0 Å². The summed E-state index contributed by atoms with van der Waals surface area (Å²) in [6.45, 7) is -0.110. The lowest BCUT2D eigenvalue weighted by molar-refractivity contribution is -0.116. The predicted octanol–water partition coefficient (Wildman–Crippen LogP) is 3.92. The highest BCUT2D eigenvalue weighted by Gasteiger charge is 2.17. The molecule has 30 heavy (non-hydrogen) atoms. The maximum Gasteiger partial charge on any atom is 0.242 e. The zero-order valence-corrected chi connectivity index (χ0v) is 18.1. The molecule has 1 heterocycles. The summed E-state index contributed by atoms with van der Waals surface area (Å²) < 4.78 is 45.6. The van der Waals surface area contributed by atoms with Crippen LogP contribution in [-0.4, -0.2) is 33.0 Å². The molecule has 1 aromatic heterocycles. The number of carbonyl (C=O) groups excluding carboxylic acids is 1. The molecule has 2 aromatic carbocycles. The fourth-order valence-electron chi connectivity index (χ4n) is 2.51. The van der Waals surface area contributed by atoms with E-state index in [1.54, 1.807) is 23.6 Å². The summed E-state index contributed by atoms with van der Waals surface area (Å²) in [5.74, 6) is -0.806. The Morgan fingerprint density at radius 1 is 1.27 bits per heavy atom. The van der Waals surface area contributed by atoms with Crippen LogP contribution in [0.3, 0.4) is 0 Å². The molecular weight excluding hydrogens is 453 g/mol. The van der Waals surface area contributed by atoms with Gasteiger partial charge in [-0.1, -0.05) is 23.7 Å².